The summed E-state index contributed by atoms with van der Waals surface area (Å²) in [6, 6.07) is 9.58. The molecule has 3 rings (SSSR count). The molecule has 0 unspecified atom stereocenters. The van der Waals surface area contributed by atoms with Gasteiger partial charge in [-0.25, -0.2) is 13.2 Å². The van der Waals surface area contributed by atoms with Gasteiger partial charge in [0.15, 0.2) is 0 Å². The molecule has 0 bridgehead atoms. The third-order valence-corrected chi connectivity index (χ3v) is 5.20. The number of aromatic carboxylic acids is 1. The van der Waals surface area contributed by atoms with Crippen molar-refractivity contribution >= 4 is 27.6 Å². The molecule has 1 heterocycles. The van der Waals surface area contributed by atoms with Gasteiger partial charge in [-0.15, -0.1) is 0 Å². The zero-order valence-electron chi connectivity index (χ0n) is 11.9. The quantitative estimate of drug-likeness (QED) is 0.918. The molecule has 8 heteroatoms. The molecular weight excluding hydrogens is 322 g/mol. The SMILES string of the molecule is COc1ccccc1N1C(=O)c2ccc(C(=O)O)cc2S1(=O)=O. The van der Waals surface area contributed by atoms with Crippen molar-refractivity contribution in [3.8, 4) is 5.75 Å². The van der Waals surface area contributed by atoms with Crippen molar-refractivity contribution in [3.63, 3.8) is 0 Å². The summed E-state index contributed by atoms with van der Waals surface area (Å²) in [5.41, 5.74) is -0.198. The highest BCUT2D eigenvalue weighted by Gasteiger charge is 2.43. The number of hydrogen-bond acceptors (Lipinski definition) is 5. The second kappa shape index (κ2) is 5.10. The van der Waals surface area contributed by atoms with Crippen molar-refractivity contribution in [1.29, 1.82) is 0 Å². The largest absolute Gasteiger partial charge is 0.495 e. The minimum atomic E-state index is -4.20. The lowest BCUT2D eigenvalue weighted by molar-refractivity contribution is 0.0696. The van der Waals surface area contributed by atoms with E-state index in [9.17, 15) is 18.0 Å². The Balaban J connectivity index is 2.23. The van der Waals surface area contributed by atoms with Gasteiger partial charge in [-0.3, -0.25) is 4.79 Å². The number of benzene rings is 2. The van der Waals surface area contributed by atoms with Crippen molar-refractivity contribution in [2.75, 3.05) is 11.4 Å². The molecule has 7 nitrogen and oxygen atoms in total. The predicted molar refractivity (Wildman–Crippen MR) is 80.4 cm³/mol. The molecule has 2 aromatic rings. The van der Waals surface area contributed by atoms with E-state index in [0.29, 0.717) is 4.31 Å². The van der Waals surface area contributed by atoms with Crippen LogP contribution in [0.3, 0.4) is 0 Å². The second-order valence-corrected chi connectivity index (χ2v) is 6.52. The Morgan fingerprint density at radius 2 is 1.87 bits per heavy atom. The van der Waals surface area contributed by atoms with E-state index < -0.39 is 21.9 Å². The second-order valence-electron chi connectivity index (χ2n) is 4.76. The first kappa shape index (κ1) is 15.0. The van der Waals surface area contributed by atoms with Crippen LogP contribution in [0.1, 0.15) is 20.7 Å². The van der Waals surface area contributed by atoms with Gasteiger partial charge in [0.1, 0.15) is 16.3 Å². The molecule has 0 fully saturated rings. The number of nitrogens with zero attached hydrogens (tertiary/aromatic N) is 1. The van der Waals surface area contributed by atoms with Crippen molar-refractivity contribution in [2.45, 2.75) is 4.90 Å². The normalized spacial score (nSPS) is 15.3. The van der Waals surface area contributed by atoms with E-state index in [1.807, 2.05) is 0 Å². The van der Waals surface area contributed by atoms with Gasteiger partial charge in [-0.2, -0.15) is 4.31 Å². The van der Waals surface area contributed by atoms with Crippen LogP contribution in [0, 0.1) is 0 Å². The molecule has 1 aliphatic heterocycles. The fourth-order valence-electron chi connectivity index (χ4n) is 2.40. The highest BCUT2D eigenvalue weighted by Crippen LogP contribution is 2.39. The fraction of sp³-hybridized carbons (Fsp3) is 0.0667. The summed E-state index contributed by atoms with van der Waals surface area (Å²) in [5.74, 6) is -1.80. The summed E-state index contributed by atoms with van der Waals surface area (Å²) >= 11 is 0. The maximum absolute atomic E-state index is 12.7. The summed E-state index contributed by atoms with van der Waals surface area (Å²) in [6.07, 6.45) is 0. The van der Waals surface area contributed by atoms with Gasteiger partial charge < -0.3 is 9.84 Å². The maximum Gasteiger partial charge on any atom is 0.335 e. The summed E-state index contributed by atoms with van der Waals surface area (Å²) in [4.78, 5) is 23.2. The number of carboxylic acids is 1. The van der Waals surface area contributed by atoms with Crippen LogP contribution in [-0.2, 0) is 10.0 Å². The third-order valence-electron chi connectivity index (χ3n) is 3.47. The fourth-order valence-corrected chi connectivity index (χ4v) is 4.03. The van der Waals surface area contributed by atoms with Crippen molar-refractivity contribution in [3.05, 3.63) is 53.6 Å². The van der Waals surface area contributed by atoms with Gasteiger partial charge in [-0.05, 0) is 30.3 Å². The number of hydrogen-bond donors (Lipinski definition) is 1. The molecule has 118 valence electrons. The zero-order chi connectivity index (χ0) is 16.8. The zero-order valence-corrected chi connectivity index (χ0v) is 12.7. The van der Waals surface area contributed by atoms with Gasteiger partial charge in [0, 0.05) is 0 Å². The molecule has 23 heavy (non-hydrogen) atoms. The number of carbonyl (C=O) groups excluding carboxylic acids is 1. The minimum Gasteiger partial charge on any atom is -0.495 e. The molecule has 2 aromatic carbocycles. The average molecular weight is 333 g/mol. The molecule has 0 saturated carbocycles. The summed E-state index contributed by atoms with van der Waals surface area (Å²) < 4.78 is 31.1. The van der Waals surface area contributed by atoms with E-state index in [0.717, 1.165) is 6.07 Å². The van der Waals surface area contributed by atoms with Crippen LogP contribution >= 0.6 is 0 Å². The van der Waals surface area contributed by atoms with Crippen molar-refractivity contribution < 1.29 is 27.9 Å². The topological polar surface area (TPSA) is 101 Å². The number of carbonyl (C=O) groups is 2. The number of carboxylic acid groups (broad SMARTS) is 1. The number of amides is 1. The van der Waals surface area contributed by atoms with E-state index in [2.05, 4.69) is 0 Å². The monoisotopic (exact) mass is 333 g/mol. The number of fused-ring (bicyclic) bond motifs is 1. The van der Waals surface area contributed by atoms with E-state index in [4.69, 9.17) is 9.84 Å². The van der Waals surface area contributed by atoms with Crippen molar-refractivity contribution in [1.82, 2.24) is 0 Å². The lowest BCUT2D eigenvalue weighted by Gasteiger charge is -2.17. The van der Waals surface area contributed by atoms with E-state index in [1.165, 1.54) is 31.4 Å². The average Bonchev–Trinajstić information content (AvgIpc) is 2.73. The van der Waals surface area contributed by atoms with E-state index in [1.54, 1.807) is 12.1 Å². The van der Waals surface area contributed by atoms with Gasteiger partial charge in [0.25, 0.3) is 15.9 Å². The molecule has 1 N–H and O–H groups in total. The predicted octanol–water partition coefficient (Wildman–Crippen LogP) is 1.74. The van der Waals surface area contributed by atoms with Crippen LogP contribution < -0.4 is 9.04 Å². The van der Waals surface area contributed by atoms with Crippen molar-refractivity contribution in [2.24, 2.45) is 0 Å². The lowest BCUT2D eigenvalue weighted by atomic mass is 10.1. The van der Waals surface area contributed by atoms with Crippen LogP contribution in [0.2, 0.25) is 0 Å². The molecule has 0 atom stereocenters. The Labute approximate surface area is 131 Å². The van der Waals surface area contributed by atoms with Crippen LogP contribution in [0.5, 0.6) is 5.75 Å². The minimum absolute atomic E-state index is 0.0686. The number of anilines is 1. The molecule has 1 amide bonds. The van der Waals surface area contributed by atoms with Crippen LogP contribution in [-0.4, -0.2) is 32.5 Å². The summed E-state index contributed by atoms with van der Waals surface area (Å²) in [6.45, 7) is 0. The molecule has 1 aliphatic rings. The van der Waals surface area contributed by atoms with Gasteiger partial charge in [0.2, 0.25) is 0 Å². The summed E-state index contributed by atoms with van der Waals surface area (Å²) in [5, 5.41) is 9.00. The first-order chi connectivity index (χ1) is 10.9. The number of para-hydroxylation sites is 2. The molecule has 0 radical (unpaired) electrons. The number of sulfonamides is 1. The highest BCUT2D eigenvalue weighted by molar-refractivity contribution is 7.94. The van der Waals surface area contributed by atoms with E-state index >= 15 is 0 Å². The van der Waals surface area contributed by atoms with Crippen LogP contribution in [0.15, 0.2) is 47.4 Å². The molecule has 0 saturated heterocycles. The first-order valence-corrected chi connectivity index (χ1v) is 7.92. The standard InChI is InChI=1S/C15H11NO6S/c1-22-12-5-3-2-4-11(12)16-14(17)10-7-6-9(15(18)19)8-13(10)23(16,20)21/h2-8H,1H3,(H,18,19). The molecule has 0 aromatic heterocycles. The molecule has 0 spiro atoms. The van der Waals surface area contributed by atoms with Crippen LogP contribution in [0.25, 0.3) is 0 Å². The molecule has 0 aliphatic carbocycles. The van der Waals surface area contributed by atoms with Gasteiger partial charge in [0.05, 0.1) is 18.2 Å². The number of methoxy groups -OCH3 is 1. The Kier molecular flexibility index (Phi) is 3.33. The lowest BCUT2D eigenvalue weighted by Crippen LogP contribution is -2.30. The number of rotatable bonds is 3. The van der Waals surface area contributed by atoms with Gasteiger partial charge in [-0.1, -0.05) is 12.1 Å². The number of ether oxygens (including phenoxy) is 1. The summed E-state index contributed by atoms with van der Waals surface area (Å²) in [7, 11) is -2.83. The van der Waals surface area contributed by atoms with E-state index in [-0.39, 0.29) is 27.5 Å². The Hall–Kier alpha value is -2.87. The first-order valence-electron chi connectivity index (χ1n) is 6.48. The maximum atomic E-state index is 12.7. The Morgan fingerprint density at radius 3 is 2.52 bits per heavy atom. The smallest absolute Gasteiger partial charge is 0.335 e. The van der Waals surface area contributed by atoms with Gasteiger partial charge >= 0.3 is 5.97 Å². The molecular formula is C15H11NO6S. The Bertz CT molecular complexity index is 935. The Morgan fingerprint density at radius 1 is 1.17 bits per heavy atom. The third kappa shape index (κ3) is 2.15. The van der Waals surface area contributed by atoms with Crippen LogP contribution in [0.4, 0.5) is 5.69 Å². The highest BCUT2D eigenvalue weighted by atomic mass is 32.2.